The summed E-state index contributed by atoms with van der Waals surface area (Å²) in [6, 6.07) is 8.16. The van der Waals surface area contributed by atoms with Crippen LogP contribution in [0.1, 0.15) is 18.4 Å². The highest BCUT2D eigenvalue weighted by Gasteiger charge is 2.22. The molecule has 1 atom stereocenters. The third-order valence-electron chi connectivity index (χ3n) is 3.46. The van der Waals surface area contributed by atoms with Crippen LogP contribution in [-0.4, -0.2) is 23.5 Å². The van der Waals surface area contributed by atoms with Crippen LogP contribution in [0.15, 0.2) is 29.6 Å². The molecule has 104 valence electrons. The second-order valence-corrected chi connectivity index (χ2v) is 5.90. The van der Waals surface area contributed by atoms with E-state index in [1.807, 2.05) is 5.38 Å². The van der Waals surface area contributed by atoms with Crippen molar-refractivity contribution in [1.82, 2.24) is 10.3 Å². The van der Waals surface area contributed by atoms with E-state index in [2.05, 4.69) is 46.8 Å². The third kappa shape index (κ3) is 2.89. The molecule has 1 saturated heterocycles. The summed E-state index contributed by atoms with van der Waals surface area (Å²) < 4.78 is 0. The van der Waals surface area contributed by atoms with E-state index >= 15 is 0 Å². The Morgan fingerprint density at radius 1 is 1.40 bits per heavy atom. The van der Waals surface area contributed by atoms with Crippen LogP contribution in [0.2, 0.25) is 0 Å². The predicted octanol–water partition coefficient (Wildman–Crippen LogP) is 2.81. The van der Waals surface area contributed by atoms with Gasteiger partial charge >= 0.3 is 0 Å². The topological polar surface area (TPSA) is 54.0 Å². The highest BCUT2D eigenvalue weighted by atomic mass is 32.1. The van der Waals surface area contributed by atoms with Gasteiger partial charge in [0.15, 0.2) is 5.13 Å². The van der Waals surface area contributed by atoms with Crippen molar-refractivity contribution in [2.75, 3.05) is 11.9 Å². The number of carbonyl (C=O) groups is 1. The molecule has 3 rings (SSSR count). The number of benzene rings is 1. The van der Waals surface area contributed by atoms with E-state index in [1.54, 1.807) is 0 Å². The number of hydrogen-bond donors (Lipinski definition) is 2. The van der Waals surface area contributed by atoms with Crippen molar-refractivity contribution >= 4 is 22.4 Å². The maximum Gasteiger partial charge on any atom is 0.243 e. The molecule has 20 heavy (non-hydrogen) atoms. The molecular weight excluding hydrogens is 270 g/mol. The minimum atomic E-state index is -0.0678. The van der Waals surface area contributed by atoms with Gasteiger partial charge in [-0.3, -0.25) is 4.79 Å². The first-order chi connectivity index (χ1) is 9.72. The summed E-state index contributed by atoms with van der Waals surface area (Å²) >= 11 is 1.46. The van der Waals surface area contributed by atoms with E-state index in [4.69, 9.17) is 0 Å². The minimum absolute atomic E-state index is 0.0207. The highest BCUT2D eigenvalue weighted by molar-refractivity contribution is 7.14. The number of amides is 1. The van der Waals surface area contributed by atoms with Crippen LogP contribution < -0.4 is 10.6 Å². The Kier molecular flexibility index (Phi) is 3.80. The van der Waals surface area contributed by atoms with Gasteiger partial charge in [0.25, 0.3) is 0 Å². The maximum absolute atomic E-state index is 12.0. The van der Waals surface area contributed by atoms with E-state index < -0.39 is 0 Å². The summed E-state index contributed by atoms with van der Waals surface area (Å²) in [7, 11) is 0. The first kappa shape index (κ1) is 13.3. The fraction of sp³-hybridized carbons (Fsp3) is 0.333. The van der Waals surface area contributed by atoms with Crippen molar-refractivity contribution in [3.05, 3.63) is 35.2 Å². The van der Waals surface area contributed by atoms with Gasteiger partial charge < -0.3 is 10.6 Å². The lowest BCUT2D eigenvalue weighted by atomic mass is 10.1. The molecule has 0 aliphatic carbocycles. The Bertz CT molecular complexity index is 600. The first-order valence-corrected chi connectivity index (χ1v) is 7.67. The van der Waals surface area contributed by atoms with E-state index in [0.29, 0.717) is 5.13 Å². The zero-order valence-electron chi connectivity index (χ0n) is 11.3. The second-order valence-electron chi connectivity index (χ2n) is 5.04. The highest BCUT2D eigenvalue weighted by Crippen LogP contribution is 2.25. The molecule has 4 nitrogen and oxygen atoms in total. The van der Waals surface area contributed by atoms with E-state index in [-0.39, 0.29) is 11.9 Å². The van der Waals surface area contributed by atoms with E-state index in [1.165, 1.54) is 16.9 Å². The zero-order valence-corrected chi connectivity index (χ0v) is 12.2. The van der Waals surface area contributed by atoms with Crippen molar-refractivity contribution in [2.24, 2.45) is 0 Å². The largest absolute Gasteiger partial charge is 0.306 e. The Hall–Kier alpha value is -1.72. The van der Waals surface area contributed by atoms with Crippen LogP contribution in [0.3, 0.4) is 0 Å². The van der Waals surface area contributed by atoms with Crippen LogP contribution in [0, 0.1) is 6.92 Å². The minimum Gasteiger partial charge on any atom is -0.306 e. The molecule has 0 spiro atoms. The molecule has 2 heterocycles. The molecule has 5 heteroatoms. The quantitative estimate of drug-likeness (QED) is 0.912. The monoisotopic (exact) mass is 287 g/mol. The Labute approximate surface area is 122 Å². The van der Waals surface area contributed by atoms with Crippen LogP contribution in [0.4, 0.5) is 5.13 Å². The van der Waals surface area contributed by atoms with Crippen LogP contribution in [0.5, 0.6) is 0 Å². The van der Waals surface area contributed by atoms with Gasteiger partial charge in [0.1, 0.15) is 0 Å². The number of aryl methyl sites for hydroxylation is 1. The predicted molar refractivity (Wildman–Crippen MR) is 81.9 cm³/mol. The summed E-state index contributed by atoms with van der Waals surface area (Å²) in [6.07, 6.45) is 1.96. The average Bonchev–Trinajstić information content (AvgIpc) is 3.10. The number of nitrogens with zero attached hydrogens (tertiary/aromatic N) is 1. The molecule has 1 aromatic carbocycles. The molecular formula is C15H17N3OS. The molecule has 2 N–H and O–H groups in total. The van der Waals surface area contributed by atoms with Crippen molar-refractivity contribution in [1.29, 1.82) is 0 Å². The number of anilines is 1. The Morgan fingerprint density at radius 3 is 2.90 bits per heavy atom. The van der Waals surface area contributed by atoms with Gasteiger partial charge in [-0.05, 0) is 26.3 Å². The van der Waals surface area contributed by atoms with Gasteiger partial charge in [-0.1, -0.05) is 29.8 Å². The molecule has 1 amide bonds. The third-order valence-corrected chi connectivity index (χ3v) is 4.22. The molecule has 1 fully saturated rings. The summed E-state index contributed by atoms with van der Waals surface area (Å²) in [5, 5.41) is 8.72. The lowest BCUT2D eigenvalue weighted by Crippen LogP contribution is -2.35. The number of nitrogens with one attached hydrogen (secondary N) is 2. The van der Waals surface area contributed by atoms with Gasteiger partial charge in [-0.15, -0.1) is 11.3 Å². The fourth-order valence-electron chi connectivity index (χ4n) is 2.29. The van der Waals surface area contributed by atoms with Gasteiger partial charge in [-0.2, -0.15) is 0 Å². The molecule has 1 aromatic heterocycles. The smallest absolute Gasteiger partial charge is 0.243 e. The summed E-state index contributed by atoms with van der Waals surface area (Å²) in [6.45, 7) is 2.98. The molecule has 0 radical (unpaired) electrons. The molecule has 1 aliphatic heterocycles. The lowest BCUT2D eigenvalue weighted by molar-refractivity contribution is -0.117. The van der Waals surface area contributed by atoms with Crippen LogP contribution in [-0.2, 0) is 4.79 Å². The average molecular weight is 287 g/mol. The normalized spacial score (nSPS) is 18.1. The van der Waals surface area contributed by atoms with Gasteiger partial charge in [0.2, 0.25) is 5.91 Å². The molecule has 1 aliphatic rings. The second kappa shape index (κ2) is 5.73. The maximum atomic E-state index is 12.0. The Morgan fingerprint density at radius 2 is 2.20 bits per heavy atom. The first-order valence-electron chi connectivity index (χ1n) is 6.79. The number of thiazole rings is 1. The fourth-order valence-corrected chi connectivity index (χ4v) is 3.01. The molecule has 1 unspecified atom stereocenters. The van der Waals surface area contributed by atoms with Crippen LogP contribution in [0.25, 0.3) is 11.3 Å². The van der Waals surface area contributed by atoms with Crippen molar-refractivity contribution < 1.29 is 4.79 Å². The van der Waals surface area contributed by atoms with Crippen molar-refractivity contribution in [3.8, 4) is 11.3 Å². The molecule has 0 saturated carbocycles. The molecule has 2 aromatic rings. The van der Waals surface area contributed by atoms with E-state index in [9.17, 15) is 4.79 Å². The number of hydrogen-bond acceptors (Lipinski definition) is 4. The van der Waals surface area contributed by atoms with Gasteiger partial charge in [0, 0.05) is 10.9 Å². The lowest BCUT2D eigenvalue weighted by Gasteiger charge is -2.08. The van der Waals surface area contributed by atoms with Crippen molar-refractivity contribution in [3.63, 3.8) is 0 Å². The molecule has 0 bridgehead atoms. The Balaban J connectivity index is 1.70. The van der Waals surface area contributed by atoms with E-state index in [0.717, 1.165) is 30.6 Å². The summed E-state index contributed by atoms with van der Waals surface area (Å²) in [4.78, 5) is 16.5. The standard InChI is InChI=1S/C15H17N3OS/c1-10-4-6-11(7-5-10)13-9-20-15(17-13)18-14(19)12-3-2-8-16-12/h4-7,9,12,16H,2-3,8H2,1H3,(H,17,18,19). The van der Waals surface area contributed by atoms with Gasteiger partial charge in [-0.25, -0.2) is 4.98 Å². The SMILES string of the molecule is Cc1ccc(-c2csc(NC(=O)C3CCCN3)n2)cc1. The summed E-state index contributed by atoms with van der Waals surface area (Å²) in [5.41, 5.74) is 3.21. The number of aromatic nitrogens is 1. The number of carbonyl (C=O) groups excluding carboxylic acids is 1. The number of rotatable bonds is 3. The summed E-state index contributed by atoms with van der Waals surface area (Å²) in [5.74, 6) is 0.0207. The van der Waals surface area contributed by atoms with Gasteiger partial charge in [0.05, 0.1) is 11.7 Å². The zero-order chi connectivity index (χ0) is 13.9. The van der Waals surface area contributed by atoms with Crippen molar-refractivity contribution in [2.45, 2.75) is 25.8 Å². The van der Waals surface area contributed by atoms with Crippen LogP contribution >= 0.6 is 11.3 Å².